The molecule has 106 valence electrons. The first-order chi connectivity index (χ1) is 9.52. The maximum atomic E-state index is 5.64. The van der Waals surface area contributed by atoms with Crippen molar-refractivity contribution in [1.82, 2.24) is 0 Å². The van der Waals surface area contributed by atoms with Gasteiger partial charge >= 0.3 is 0 Å². The van der Waals surface area contributed by atoms with E-state index in [1.54, 1.807) is 0 Å². The minimum atomic E-state index is 0.597. The van der Waals surface area contributed by atoms with Crippen LogP contribution in [0.3, 0.4) is 0 Å². The molecule has 20 heavy (non-hydrogen) atoms. The molecule has 0 saturated carbocycles. The molecule has 0 radical (unpaired) electrons. The minimum Gasteiger partial charge on any atom is -0.370 e. The average Bonchev–Trinajstić information content (AvgIpc) is 2.48. The second kappa shape index (κ2) is 6.10. The number of anilines is 1. The quantitative estimate of drug-likeness (QED) is 0.916. The lowest BCUT2D eigenvalue weighted by Crippen LogP contribution is -2.17. The number of aryl methyl sites for hydroxylation is 1. The van der Waals surface area contributed by atoms with Gasteiger partial charge in [0.25, 0.3) is 0 Å². The van der Waals surface area contributed by atoms with Crippen LogP contribution in [0.25, 0.3) is 0 Å². The molecule has 0 fully saturated rings. The van der Waals surface area contributed by atoms with Crippen molar-refractivity contribution in [2.75, 3.05) is 11.9 Å². The Hall–Kier alpha value is -1.80. The number of hydrogen-bond acceptors (Lipinski definition) is 2. The van der Waals surface area contributed by atoms with Gasteiger partial charge in [-0.05, 0) is 60.7 Å². The van der Waals surface area contributed by atoms with Crippen LogP contribution in [0.2, 0.25) is 0 Å². The summed E-state index contributed by atoms with van der Waals surface area (Å²) in [7, 11) is 2.13. The first-order valence-corrected chi connectivity index (χ1v) is 7.08. The van der Waals surface area contributed by atoms with Crippen LogP contribution in [-0.4, -0.2) is 7.05 Å². The monoisotopic (exact) mass is 268 g/mol. The fourth-order valence-electron chi connectivity index (χ4n) is 2.42. The molecular formula is C18H24N2. The van der Waals surface area contributed by atoms with E-state index in [4.69, 9.17) is 5.73 Å². The van der Waals surface area contributed by atoms with Crippen LogP contribution in [0.15, 0.2) is 36.4 Å². The van der Waals surface area contributed by atoms with Crippen molar-refractivity contribution in [2.24, 2.45) is 5.73 Å². The van der Waals surface area contributed by atoms with E-state index in [0.717, 1.165) is 6.54 Å². The Kier molecular flexibility index (Phi) is 4.46. The highest BCUT2D eigenvalue weighted by molar-refractivity contribution is 5.49. The van der Waals surface area contributed by atoms with Crippen LogP contribution in [0.4, 0.5) is 5.69 Å². The summed E-state index contributed by atoms with van der Waals surface area (Å²) in [6, 6.07) is 12.9. The summed E-state index contributed by atoms with van der Waals surface area (Å²) in [6.07, 6.45) is 0. The van der Waals surface area contributed by atoms with E-state index >= 15 is 0 Å². The Morgan fingerprint density at radius 1 is 0.900 bits per heavy atom. The maximum absolute atomic E-state index is 5.64. The van der Waals surface area contributed by atoms with E-state index in [1.807, 2.05) is 0 Å². The van der Waals surface area contributed by atoms with Crippen LogP contribution < -0.4 is 10.6 Å². The zero-order valence-electron chi connectivity index (χ0n) is 12.9. The van der Waals surface area contributed by atoms with Gasteiger partial charge in [0.05, 0.1) is 0 Å². The molecule has 0 aliphatic rings. The number of nitrogens with two attached hydrogens (primary N) is 1. The molecule has 0 amide bonds. The van der Waals surface area contributed by atoms with Gasteiger partial charge in [-0.3, -0.25) is 0 Å². The molecule has 2 aromatic carbocycles. The summed E-state index contributed by atoms with van der Waals surface area (Å²) in [4.78, 5) is 2.28. The Bertz CT molecular complexity index is 585. The summed E-state index contributed by atoms with van der Waals surface area (Å²) in [5.41, 5.74) is 13.6. The Balaban J connectivity index is 2.18. The van der Waals surface area contributed by atoms with Gasteiger partial charge in [-0.1, -0.05) is 24.3 Å². The topological polar surface area (TPSA) is 29.3 Å². The van der Waals surface area contributed by atoms with E-state index in [0.29, 0.717) is 6.54 Å². The van der Waals surface area contributed by atoms with E-state index in [-0.39, 0.29) is 0 Å². The molecule has 2 heteroatoms. The zero-order chi connectivity index (χ0) is 14.7. The molecule has 0 spiro atoms. The molecule has 0 aliphatic carbocycles. The van der Waals surface area contributed by atoms with E-state index in [9.17, 15) is 0 Å². The third kappa shape index (κ3) is 3.02. The molecule has 0 atom stereocenters. The van der Waals surface area contributed by atoms with Crippen LogP contribution in [0.5, 0.6) is 0 Å². The molecule has 2 rings (SSSR count). The Morgan fingerprint density at radius 2 is 1.55 bits per heavy atom. The smallest absolute Gasteiger partial charge is 0.0428 e. The van der Waals surface area contributed by atoms with Gasteiger partial charge in [0, 0.05) is 25.8 Å². The highest BCUT2D eigenvalue weighted by atomic mass is 15.1. The lowest BCUT2D eigenvalue weighted by atomic mass is 9.98. The summed E-state index contributed by atoms with van der Waals surface area (Å²) >= 11 is 0. The lowest BCUT2D eigenvalue weighted by molar-refractivity contribution is 0.908. The third-order valence-corrected chi connectivity index (χ3v) is 4.19. The fraction of sp³-hybridized carbons (Fsp3) is 0.333. The van der Waals surface area contributed by atoms with Gasteiger partial charge in [0.2, 0.25) is 0 Å². The summed E-state index contributed by atoms with van der Waals surface area (Å²) in [6.45, 7) is 8.10. The number of nitrogens with zero attached hydrogens (tertiary/aromatic N) is 1. The van der Waals surface area contributed by atoms with E-state index in [1.165, 1.54) is 33.5 Å². The second-order valence-corrected chi connectivity index (χ2v) is 5.52. The van der Waals surface area contributed by atoms with Gasteiger partial charge < -0.3 is 10.6 Å². The number of benzene rings is 2. The molecule has 0 heterocycles. The molecule has 2 aromatic rings. The maximum Gasteiger partial charge on any atom is 0.0428 e. The predicted octanol–water partition coefficient (Wildman–Crippen LogP) is 3.71. The summed E-state index contributed by atoms with van der Waals surface area (Å²) in [5.74, 6) is 0. The molecular weight excluding hydrogens is 244 g/mol. The van der Waals surface area contributed by atoms with Crippen molar-refractivity contribution in [2.45, 2.75) is 33.9 Å². The SMILES string of the molecule is Cc1ccc(CN(C)c2ccc(CN)cc2)c(C)c1C. The summed E-state index contributed by atoms with van der Waals surface area (Å²) < 4.78 is 0. The van der Waals surface area contributed by atoms with Crippen LogP contribution in [-0.2, 0) is 13.1 Å². The normalized spacial score (nSPS) is 10.7. The predicted molar refractivity (Wildman–Crippen MR) is 87.1 cm³/mol. The van der Waals surface area contributed by atoms with E-state index < -0.39 is 0 Å². The first-order valence-electron chi connectivity index (χ1n) is 7.08. The molecule has 0 bridgehead atoms. The summed E-state index contributed by atoms with van der Waals surface area (Å²) in [5, 5.41) is 0. The molecule has 2 N–H and O–H groups in total. The molecule has 0 aliphatic heterocycles. The van der Waals surface area contributed by atoms with Gasteiger partial charge in [-0.15, -0.1) is 0 Å². The van der Waals surface area contributed by atoms with E-state index in [2.05, 4.69) is 69.1 Å². The molecule has 0 saturated heterocycles. The second-order valence-electron chi connectivity index (χ2n) is 5.52. The first kappa shape index (κ1) is 14.6. The Labute approximate surface area is 122 Å². The highest BCUT2D eigenvalue weighted by Crippen LogP contribution is 2.21. The fourth-order valence-corrected chi connectivity index (χ4v) is 2.42. The minimum absolute atomic E-state index is 0.597. The highest BCUT2D eigenvalue weighted by Gasteiger charge is 2.07. The average molecular weight is 268 g/mol. The van der Waals surface area contributed by atoms with Crippen molar-refractivity contribution in [3.05, 3.63) is 64.2 Å². The molecule has 0 unspecified atom stereocenters. The number of rotatable bonds is 4. The van der Waals surface area contributed by atoms with Gasteiger partial charge in [-0.2, -0.15) is 0 Å². The van der Waals surface area contributed by atoms with Crippen LogP contribution in [0.1, 0.15) is 27.8 Å². The van der Waals surface area contributed by atoms with Crippen molar-refractivity contribution in [3.63, 3.8) is 0 Å². The van der Waals surface area contributed by atoms with Crippen molar-refractivity contribution >= 4 is 5.69 Å². The van der Waals surface area contributed by atoms with Gasteiger partial charge in [0.15, 0.2) is 0 Å². The third-order valence-electron chi connectivity index (χ3n) is 4.19. The largest absolute Gasteiger partial charge is 0.370 e. The Morgan fingerprint density at radius 3 is 2.15 bits per heavy atom. The molecule has 0 aromatic heterocycles. The van der Waals surface area contributed by atoms with Crippen molar-refractivity contribution in [1.29, 1.82) is 0 Å². The number of hydrogen-bond donors (Lipinski definition) is 1. The molecule has 2 nitrogen and oxygen atoms in total. The van der Waals surface area contributed by atoms with Gasteiger partial charge in [0.1, 0.15) is 0 Å². The van der Waals surface area contributed by atoms with Crippen LogP contribution in [0, 0.1) is 20.8 Å². The lowest BCUT2D eigenvalue weighted by Gasteiger charge is -2.22. The van der Waals surface area contributed by atoms with Gasteiger partial charge in [-0.25, -0.2) is 0 Å². The zero-order valence-corrected chi connectivity index (χ0v) is 12.9. The van der Waals surface area contributed by atoms with Crippen molar-refractivity contribution < 1.29 is 0 Å². The van der Waals surface area contributed by atoms with Crippen molar-refractivity contribution in [3.8, 4) is 0 Å². The standard InChI is InChI=1S/C18H24N2/c1-13-5-8-17(15(3)14(13)2)12-20(4)18-9-6-16(11-19)7-10-18/h5-10H,11-12,19H2,1-4H3. The van der Waals surface area contributed by atoms with Crippen LogP contribution >= 0.6 is 0 Å².